The minimum absolute atomic E-state index is 0.0302. The maximum Gasteiger partial charge on any atom is 0.142 e. The third-order valence-electron chi connectivity index (χ3n) is 2.96. The highest BCUT2D eigenvalue weighted by Gasteiger charge is 2.14. The molecule has 0 aliphatic heterocycles. The van der Waals surface area contributed by atoms with Gasteiger partial charge in [-0.3, -0.25) is 0 Å². The molecule has 1 N–H and O–H groups in total. The SMILES string of the molecule is CC(NC(C)c1ccc(Cl)s1)c1ccc(Cl)c(F)c1. The lowest BCUT2D eigenvalue weighted by Gasteiger charge is -2.19. The average Bonchev–Trinajstić information content (AvgIpc) is 2.79. The summed E-state index contributed by atoms with van der Waals surface area (Å²) in [6.07, 6.45) is 0. The molecule has 2 rings (SSSR count). The van der Waals surface area contributed by atoms with Crippen molar-refractivity contribution in [3.8, 4) is 0 Å². The van der Waals surface area contributed by atoms with Crippen LogP contribution in [0.25, 0.3) is 0 Å². The highest BCUT2D eigenvalue weighted by atomic mass is 35.5. The van der Waals surface area contributed by atoms with Gasteiger partial charge in [-0.15, -0.1) is 11.3 Å². The minimum Gasteiger partial charge on any atom is -0.303 e. The highest BCUT2D eigenvalue weighted by molar-refractivity contribution is 7.16. The third-order valence-corrected chi connectivity index (χ3v) is 4.68. The van der Waals surface area contributed by atoms with E-state index in [-0.39, 0.29) is 22.9 Å². The van der Waals surface area contributed by atoms with Crippen molar-refractivity contribution in [1.82, 2.24) is 5.32 Å². The molecule has 1 nitrogen and oxygen atoms in total. The van der Waals surface area contributed by atoms with Gasteiger partial charge in [0.15, 0.2) is 0 Å². The molecular formula is C14H14Cl2FNS. The van der Waals surface area contributed by atoms with Crippen molar-refractivity contribution in [3.05, 3.63) is 55.9 Å². The number of rotatable bonds is 4. The monoisotopic (exact) mass is 317 g/mol. The van der Waals surface area contributed by atoms with E-state index in [4.69, 9.17) is 23.2 Å². The number of thiophene rings is 1. The van der Waals surface area contributed by atoms with Gasteiger partial charge in [0.2, 0.25) is 0 Å². The first-order valence-corrected chi connectivity index (χ1v) is 7.51. The summed E-state index contributed by atoms with van der Waals surface area (Å²) < 4.78 is 14.2. The van der Waals surface area contributed by atoms with Gasteiger partial charge in [-0.05, 0) is 43.7 Å². The highest BCUT2D eigenvalue weighted by Crippen LogP contribution is 2.29. The Labute approximate surface area is 126 Å². The topological polar surface area (TPSA) is 12.0 Å². The lowest BCUT2D eigenvalue weighted by atomic mass is 10.1. The zero-order chi connectivity index (χ0) is 14.0. The Morgan fingerprint density at radius 3 is 2.42 bits per heavy atom. The molecule has 0 aliphatic carbocycles. The molecule has 102 valence electrons. The van der Waals surface area contributed by atoms with Crippen LogP contribution in [0, 0.1) is 5.82 Å². The Morgan fingerprint density at radius 2 is 1.84 bits per heavy atom. The van der Waals surface area contributed by atoms with E-state index in [9.17, 15) is 4.39 Å². The molecule has 1 aromatic carbocycles. The number of halogens is 3. The van der Waals surface area contributed by atoms with Crippen molar-refractivity contribution >= 4 is 34.5 Å². The molecule has 0 saturated carbocycles. The van der Waals surface area contributed by atoms with Crippen molar-refractivity contribution in [2.45, 2.75) is 25.9 Å². The second-order valence-electron chi connectivity index (χ2n) is 4.43. The van der Waals surface area contributed by atoms with Crippen LogP contribution >= 0.6 is 34.5 Å². The average molecular weight is 318 g/mol. The smallest absolute Gasteiger partial charge is 0.142 e. The van der Waals surface area contributed by atoms with Gasteiger partial charge in [0.25, 0.3) is 0 Å². The first-order valence-electron chi connectivity index (χ1n) is 5.93. The lowest BCUT2D eigenvalue weighted by molar-refractivity contribution is 0.497. The lowest BCUT2D eigenvalue weighted by Crippen LogP contribution is -2.21. The summed E-state index contributed by atoms with van der Waals surface area (Å²) in [5, 5.41) is 3.56. The van der Waals surface area contributed by atoms with Gasteiger partial charge < -0.3 is 5.32 Å². The fourth-order valence-corrected chi connectivity index (χ4v) is 3.09. The molecule has 2 unspecified atom stereocenters. The Morgan fingerprint density at radius 1 is 1.11 bits per heavy atom. The van der Waals surface area contributed by atoms with Crippen LogP contribution < -0.4 is 5.32 Å². The van der Waals surface area contributed by atoms with Crippen LogP contribution in [0.4, 0.5) is 4.39 Å². The molecule has 2 aromatic rings. The van der Waals surface area contributed by atoms with Crippen molar-refractivity contribution in [2.24, 2.45) is 0 Å². The van der Waals surface area contributed by atoms with Crippen molar-refractivity contribution in [1.29, 1.82) is 0 Å². The molecule has 19 heavy (non-hydrogen) atoms. The Hall–Kier alpha value is -0.610. The first kappa shape index (κ1) is 14.8. The zero-order valence-corrected chi connectivity index (χ0v) is 12.9. The van der Waals surface area contributed by atoms with Crippen molar-refractivity contribution in [2.75, 3.05) is 0 Å². The van der Waals surface area contributed by atoms with Crippen LogP contribution in [-0.2, 0) is 0 Å². The van der Waals surface area contributed by atoms with Crippen LogP contribution in [0.15, 0.2) is 30.3 Å². The quantitative estimate of drug-likeness (QED) is 0.773. The third kappa shape index (κ3) is 3.69. The largest absolute Gasteiger partial charge is 0.303 e. The van der Waals surface area contributed by atoms with Gasteiger partial charge in [-0.2, -0.15) is 0 Å². The van der Waals surface area contributed by atoms with Crippen LogP contribution in [0.5, 0.6) is 0 Å². The van der Waals surface area contributed by atoms with Crippen LogP contribution in [0.1, 0.15) is 36.4 Å². The maximum absolute atomic E-state index is 13.4. The minimum atomic E-state index is -0.389. The number of benzene rings is 1. The van der Waals surface area contributed by atoms with Gasteiger partial charge in [-0.1, -0.05) is 29.3 Å². The molecule has 0 fully saturated rings. The van der Waals surface area contributed by atoms with Crippen molar-refractivity contribution in [3.63, 3.8) is 0 Å². The molecule has 2 atom stereocenters. The predicted molar refractivity (Wildman–Crippen MR) is 80.7 cm³/mol. The van der Waals surface area contributed by atoms with Gasteiger partial charge >= 0.3 is 0 Å². The van der Waals surface area contributed by atoms with Crippen molar-refractivity contribution < 1.29 is 4.39 Å². The van der Waals surface area contributed by atoms with E-state index < -0.39 is 0 Å². The summed E-state index contributed by atoms with van der Waals surface area (Å²) in [6.45, 7) is 4.05. The number of hydrogen-bond acceptors (Lipinski definition) is 2. The van der Waals surface area contributed by atoms with E-state index in [1.807, 2.05) is 25.1 Å². The van der Waals surface area contributed by atoms with E-state index >= 15 is 0 Å². The normalized spacial score (nSPS) is 14.4. The van der Waals surface area contributed by atoms with E-state index in [0.29, 0.717) is 0 Å². The summed E-state index contributed by atoms with van der Waals surface area (Å²) in [7, 11) is 0. The molecule has 1 aromatic heterocycles. The maximum atomic E-state index is 13.4. The molecule has 1 heterocycles. The molecule has 0 aliphatic rings. The Balaban J connectivity index is 2.07. The van der Waals surface area contributed by atoms with E-state index in [1.54, 1.807) is 17.4 Å². The second-order valence-corrected chi connectivity index (χ2v) is 6.58. The molecular weight excluding hydrogens is 304 g/mol. The fourth-order valence-electron chi connectivity index (χ4n) is 1.90. The number of hydrogen-bond donors (Lipinski definition) is 1. The molecule has 5 heteroatoms. The molecule has 0 spiro atoms. The van der Waals surface area contributed by atoms with Crippen LogP contribution in [0.3, 0.4) is 0 Å². The molecule has 0 radical (unpaired) electrons. The van der Waals surface area contributed by atoms with Gasteiger partial charge in [-0.25, -0.2) is 4.39 Å². The van der Waals surface area contributed by atoms with Crippen LogP contribution in [-0.4, -0.2) is 0 Å². The predicted octanol–water partition coefficient (Wildman–Crippen LogP) is 5.61. The summed E-state index contributed by atoms with van der Waals surface area (Å²) in [4.78, 5) is 1.16. The fraction of sp³-hybridized carbons (Fsp3) is 0.286. The second kappa shape index (κ2) is 6.23. The van der Waals surface area contributed by atoms with Gasteiger partial charge in [0.1, 0.15) is 5.82 Å². The first-order chi connectivity index (χ1) is 8.97. The molecule has 0 bridgehead atoms. The van der Waals surface area contributed by atoms with E-state index in [2.05, 4.69) is 12.2 Å². The van der Waals surface area contributed by atoms with Crippen LogP contribution in [0.2, 0.25) is 9.36 Å². The van der Waals surface area contributed by atoms with Gasteiger partial charge in [0, 0.05) is 17.0 Å². The zero-order valence-electron chi connectivity index (χ0n) is 10.6. The molecule has 0 amide bonds. The van der Waals surface area contributed by atoms with E-state index in [0.717, 1.165) is 14.8 Å². The summed E-state index contributed by atoms with van der Waals surface area (Å²) in [6, 6.07) is 8.95. The summed E-state index contributed by atoms with van der Waals surface area (Å²) >= 11 is 13.2. The standard InChI is InChI=1S/C14H14Cl2FNS/c1-8(10-3-4-11(15)12(17)7-10)18-9(2)13-5-6-14(16)19-13/h3-9,18H,1-2H3. The Kier molecular flexibility index (Phi) is 4.85. The Bertz CT molecular complexity index is 570. The van der Waals surface area contributed by atoms with Gasteiger partial charge in [0.05, 0.1) is 9.36 Å². The number of nitrogens with one attached hydrogen (secondary N) is 1. The molecule has 0 saturated heterocycles. The van der Waals surface area contributed by atoms with E-state index in [1.165, 1.54) is 6.07 Å². The summed E-state index contributed by atoms with van der Waals surface area (Å²) in [5.41, 5.74) is 0.872. The summed E-state index contributed by atoms with van der Waals surface area (Å²) in [5.74, 6) is -0.389.